The van der Waals surface area contributed by atoms with Crippen LogP contribution in [0.3, 0.4) is 0 Å². The highest BCUT2D eigenvalue weighted by Gasteiger charge is 1.93. The minimum Gasteiger partial charge on any atom is -0.494 e. The van der Waals surface area contributed by atoms with Gasteiger partial charge >= 0.3 is 0 Å². The standard InChI is InChI=1S/C13H21NO/c1-3-12-6-8-13(9-7-12)15-11-5-10-14-4-2/h6-9,14H,3-5,10-11H2,1-2H3. The van der Waals surface area contributed by atoms with Gasteiger partial charge in [-0.05, 0) is 43.6 Å². The zero-order chi connectivity index (χ0) is 10.9. The molecule has 1 aromatic rings. The normalized spacial score (nSPS) is 10.3. The Kier molecular flexibility index (Phi) is 5.86. The van der Waals surface area contributed by atoms with Gasteiger partial charge in [0.25, 0.3) is 0 Å². The number of hydrogen-bond donors (Lipinski definition) is 1. The molecule has 0 unspecified atom stereocenters. The van der Waals surface area contributed by atoms with Gasteiger partial charge in [-0.25, -0.2) is 0 Å². The molecule has 84 valence electrons. The minimum atomic E-state index is 0.790. The van der Waals surface area contributed by atoms with Gasteiger partial charge in [-0.3, -0.25) is 0 Å². The van der Waals surface area contributed by atoms with Gasteiger partial charge in [-0.2, -0.15) is 0 Å². The third-order valence-electron chi connectivity index (χ3n) is 2.35. The average Bonchev–Trinajstić information content (AvgIpc) is 2.30. The van der Waals surface area contributed by atoms with Crippen molar-refractivity contribution in [2.75, 3.05) is 19.7 Å². The average molecular weight is 207 g/mol. The number of hydrogen-bond acceptors (Lipinski definition) is 2. The van der Waals surface area contributed by atoms with E-state index in [0.29, 0.717) is 0 Å². The Bertz CT molecular complexity index is 256. The Hall–Kier alpha value is -1.02. The lowest BCUT2D eigenvalue weighted by Gasteiger charge is -2.06. The first kappa shape index (κ1) is 12.1. The molecule has 0 amide bonds. The molecule has 0 aliphatic rings. The Morgan fingerprint density at radius 2 is 1.87 bits per heavy atom. The van der Waals surface area contributed by atoms with Crippen molar-refractivity contribution in [3.8, 4) is 5.75 Å². The first-order valence-corrected chi connectivity index (χ1v) is 5.79. The molecular weight excluding hydrogens is 186 g/mol. The Morgan fingerprint density at radius 1 is 1.13 bits per heavy atom. The second-order valence-electron chi connectivity index (χ2n) is 3.55. The lowest BCUT2D eigenvalue weighted by atomic mass is 10.2. The summed E-state index contributed by atoms with van der Waals surface area (Å²) in [6.45, 7) is 7.13. The summed E-state index contributed by atoms with van der Waals surface area (Å²) in [6.07, 6.45) is 2.14. The van der Waals surface area contributed by atoms with E-state index in [0.717, 1.165) is 38.3 Å². The van der Waals surface area contributed by atoms with Gasteiger partial charge in [-0.15, -0.1) is 0 Å². The molecule has 0 bridgehead atoms. The van der Waals surface area contributed by atoms with Crippen molar-refractivity contribution in [3.63, 3.8) is 0 Å². The predicted molar refractivity (Wildman–Crippen MR) is 64.5 cm³/mol. The molecular formula is C13H21NO. The van der Waals surface area contributed by atoms with Crippen molar-refractivity contribution in [3.05, 3.63) is 29.8 Å². The van der Waals surface area contributed by atoms with Crippen LogP contribution in [0.1, 0.15) is 25.8 Å². The highest BCUT2D eigenvalue weighted by Crippen LogP contribution is 2.12. The van der Waals surface area contributed by atoms with Crippen LogP contribution in [0, 0.1) is 0 Å². The maximum absolute atomic E-state index is 5.61. The molecule has 0 saturated heterocycles. The van der Waals surface area contributed by atoms with Crippen LogP contribution in [-0.2, 0) is 6.42 Å². The molecule has 0 spiro atoms. The number of nitrogens with one attached hydrogen (secondary N) is 1. The molecule has 1 aromatic carbocycles. The molecule has 0 fully saturated rings. The van der Waals surface area contributed by atoms with Crippen LogP contribution in [0.25, 0.3) is 0 Å². The first-order chi connectivity index (χ1) is 7.36. The summed E-state index contributed by atoms with van der Waals surface area (Å²) in [5.41, 5.74) is 1.36. The number of ether oxygens (including phenoxy) is 1. The highest BCUT2D eigenvalue weighted by molar-refractivity contribution is 5.27. The molecule has 2 heteroatoms. The van der Waals surface area contributed by atoms with E-state index in [1.807, 2.05) is 12.1 Å². The third-order valence-corrected chi connectivity index (χ3v) is 2.35. The van der Waals surface area contributed by atoms with E-state index < -0.39 is 0 Å². The first-order valence-electron chi connectivity index (χ1n) is 5.79. The van der Waals surface area contributed by atoms with E-state index in [9.17, 15) is 0 Å². The largest absolute Gasteiger partial charge is 0.494 e. The summed E-state index contributed by atoms with van der Waals surface area (Å²) in [5.74, 6) is 0.976. The van der Waals surface area contributed by atoms with E-state index in [2.05, 4.69) is 31.3 Å². The van der Waals surface area contributed by atoms with Gasteiger partial charge in [0, 0.05) is 0 Å². The number of benzene rings is 1. The van der Waals surface area contributed by atoms with Gasteiger partial charge in [-0.1, -0.05) is 26.0 Å². The van der Waals surface area contributed by atoms with Crippen molar-refractivity contribution in [1.29, 1.82) is 0 Å². The zero-order valence-electron chi connectivity index (χ0n) is 9.75. The van der Waals surface area contributed by atoms with Gasteiger partial charge in [0.2, 0.25) is 0 Å². The van der Waals surface area contributed by atoms with E-state index >= 15 is 0 Å². The van der Waals surface area contributed by atoms with Crippen molar-refractivity contribution in [1.82, 2.24) is 5.32 Å². The highest BCUT2D eigenvalue weighted by atomic mass is 16.5. The summed E-state index contributed by atoms with van der Waals surface area (Å²) in [4.78, 5) is 0. The number of aryl methyl sites for hydroxylation is 1. The molecule has 15 heavy (non-hydrogen) atoms. The lowest BCUT2D eigenvalue weighted by Crippen LogP contribution is -2.16. The van der Waals surface area contributed by atoms with Crippen molar-refractivity contribution in [2.24, 2.45) is 0 Å². The molecule has 0 aliphatic heterocycles. The Balaban J connectivity index is 2.20. The summed E-state index contributed by atoms with van der Waals surface area (Å²) < 4.78 is 5.61. The SMILES string of the molecule is CCNCCCOc1ccc(CC)cc1. The fourth-order valence-electron chi connectivity index (χ4n) is 1.39. The maximum Gasteiger partial charge on any atom is 0.119 e. The van der Waals surface area contributed by atoms with E-state index in [1.54, 1.807) is 0 Å². The topological polar surface area (TPSA) is 21.3 Å². The Morgan fingerprint density at radius 3 is 2.47 bits per heavy atom. The fourth-order valence-corrected chi connectivity index (χ4v) is 1.39. The summed E-state index contributed by atoms with van der Waals surface area (Å²) in [6, 6.07) is 8.34. The van der Waals surface area contributed by atoms with Crippen LogP contribution < -0.4 is 10.1 Å². The van der Waals surface area contributed by atoms with Crippen LogP contribution >= 0.6 is 0 Å². The molecule has 0 aliphatic carbocycles. The van der Waals surface area contributed by atoms with Gasteiger partial charge < -0.3 is 10.1 Å². The molecule has 0 heterocycles. The number of rotatable bonds is 7. The second-order valence-corrected chi connectivity index (χ2v) is 3.55. The van der Waals surface area contributed by atoms with Crippen LogP contribution in [0.5, 0.6) is 5.75 Å². The Labute approximate surface area is 92.6 Å². The molecule has 0 aromatic heterocycles. The molecule has 1 N–H and O–H groups in total. The van der Waals surface area contributed by atoms with Crippen molar-refractivity contribution < 1.29 is 4.74 Å². The molecule has 0 saturated carbocycles. The molecule has 0 radical (unpaired) electrons. The van der Waals surface area contributed by atoms with E-state index in [4.69, 9.17) is 4.74 Å². The smallest absolute Gasteiger partial charge is 0.119 e. The van der Waals surface area contributed by atoms with Gasteiger partial charge in [0.1, 0.15) is 5.75 Å². The molecule has 1 rings (SSSR count). The van der Waals surface area contributed by atoms with Crippen LogP contribution in [0.15, 0.2) is 24.3 Å². The minimum absolute atomic E-state index is 0.790. The second kappa shape index (κ2) is 7.30. The van der Waals surface area contributed by atoms with Crippen LogP contribution in [0.2, 0.25) is 0 Å². The van der Waals surface area contributed by atoms with Crippen LogP contribution in [-0.4, -0.2) is 19.7 Å². The van der Waals surface area contributed by atoms with E-state index in [-0.39, 0.29) is 0 Å². The summed E-state index contributed by atoms with van der Waals surface area (Å²) in [5, 5.41) is 3.27. The maximum atomic E-state index is 5.61. The van der Waals surface area contributed by atoms with Gasteiger partial charge in [0.05, 0.1) is 6.61 Å². The van der Waals surface area contributed by atoms with Gasteiger partial charge in [0.15, 0.2) is 0 Å². The summed E-state index contributed by atoms with van der Waals surface area (Å²) in [7, 11) is 0. The summed E-state index contributed by atoms with van der Waals surface area (Å²) >= 11 is 0. The lowest BCUT2D eigenvalue weighted by molar-refractivity contribution is 0.308. The van der Waals surface area contributed by atoms with E-state index in [1.165, 1.54) is 5.56 Å². The third kappa shape index (κ3) is 4.84. The molecule has 0 atom stereocenters. The molecule has 2 nitrogen and oxygen atoms in total. The van der Waals surface area contributed by atoms with Crippen LogP contribution in [0.4, 0.5) is 0 Å². The predicted octanol–water partition coefficient (Wildman–Crippen LogP) is 2.63. The quantitative estimate of drug-likeness (QED) is 0.694. The van der Waals surface area contributed by atoms with Crippen molar-refractivity contribution in [2.45, 2.75) is 26.7 Å². The fraction of sp³-hybridized carbons (Fsp3) is 0.538. The monoisotopic (exact) mass is 207 g/mol. The van der Waals surface area contributed by atoms with Crippen molar-refractivity contribution >= 4 is 0 Å². The zero-order valence-corrected chi connectivity index (χ0v) is 9.75.